The van der Waals surface area contributed by atoms with Gasteiger partial charge in [-0.3, -0.25) is 9.78 Å². The molecular formula is C15H23N3O2. The minimum absolute atomic E-state index is 0.150. The molecule has 5 nitrogen and oxygen atoms in total. The van der Waals surface area contributed by atoms with Crippen LogP contribution in [0.1, 0.15) is 18.4 Å². The van der Waals surface area contributed by atoms with Crippen LogP contribution in [0.25, 0.3) is 0 Å². The van der Waals surface area contributed by atoms with Crippen LogP contribution in [0.2, 0.25) is 0 Å². The number of hydrogen-bond donors (Lipinski definition) is 1. The molecule has 0 bridgehead atoms. The third-order valence-corrected chi connectivity index (χ3v) is 4.13. The molecule has 1 amide bonds. The number of carbonyl (C=O) groups excluding carboxylic acids is 1. The summed E-state index contributed by atoms with van der Waals surface area (Å²) < 4.78 is 5.35. The molecule has 1 aromatic heterocycles. The Morgan fingerprint density at radius 1 is 1.40 bits per heavy atom. The molecule has 1 aliphatic heterocycles. The van der Waals surface area contributed by atoms with E-state index in [2.05, 4.69) is 4.98 Å². The molecule has 5 heteroatoms. The third-order valence-electron chi connectivity index (χ3n) is 4.13. The molecule has 0 spiro atoms. The van der Waals surface area contributed by atoms with Gasteiger partial charge >= 0.3 is 0 Å². The summed E-state index contributed by atoms with van der Waals surface area (Å²) in [6.07, 6.45) is 5.83. The summed E-state index contributed by atoms with van der Waals surface area (Å²) in [6.45, 7) is 2.35. The number of nitrogens with zero attached hydrogens (tertiary/aromatic N) is 2. The Balaban J connectivity index is 1.93. The van der Waals surface area contributed by atoms with Crippen molar-refractivity contribution in [3.8, 4) is 0 Å². The highest BCUT2D eigenvalue weighted by Crippen LogP contribution is 2.31. The van der Waals surface area contributed by atoms with Gasteiger partial charge in [0.05, 0.1) is 5.41 Å². The van der Waals surface area contributed by atoms with E-state index >= 15 is 0 Å². The minimum atomic E-state index is -0.425. The number of nitrogens with two attached hydrogens (primary N) is 1. The highest BCUT2D eigenvalue weighted by atomic mass is 16.5. The van der Waals surface area contributed by atoms with E-state index < -0.39 is 5.41 Å². The minimum Gasteiger partial charge on any atom is -0.381 e. The molecule has 0 atom stereocenters. The van der Waals surface area contributed by atoms with Crippen molar-refractivity contribution in [2.75, 3.05) is 33.4 Å². The first-order valence-corrected chi connectivity index (χ1v) is 7.10. The van der Waals surface area contributed by atoms with Crippen molar-refractivity contribution in [3.63, 3.8) is 0 Å². The molecule has 1 aliphatic rings. The summed E-state index contributed by atoms with van der Waals surface area (Å²) in [7, 11) is 1.86. The molecule has 1 fully saturated rings. The maximum Gasteiger partial charge on any atom is 0.229 e. The van der Waals surface area contributed by atoms with Crippen LogP contribution in [0.4, 0.5) is 0 Å². The van der Waals surface area contributed by atoms with Crippen LogP contribution in [-0.2, 0) is 16.0 Å². The van der Waals surface area contributed by atoms with Crippen LogP contribution in [0.5, 0.6) is 0 Å². The van der Waals surface area contributed by atoms with Gasteiger partial charge < -0.3 is 15.4 Å². The molecule has 20 heavy (non-hydrogen) atoms. The molecule has 1 saturated heterocycles. The van der Waals surface area contributed by atoms with E-state index in [0.29, 0.717) is 26.3 Å². The number of amides is 1. The van der Waals surface area contributed by atoms with Crippen molar-refractivity contribution in [2.45, 2.75) is 19.3 Å². The van der Waals surface area contributed by atoms with Crippen molar-refractivity contribution in [2.24, 2.45) is 11.1 Å². The fraction of sp³-hybridized carbons (Fsp3) is 0.600. The van der Waals surface area contributed by atoms with Gasteiger partial charge in [0.1, 0.15) is 0 Å². The van der Waals surface area contributed by atoms with Crippen LogP contribution in [0.15, 0.2) is 24.5 Å². The van der Waals surface area contributed by atoms with Crippen molar-refractivity contribution in [1.82, 2.24) is 9.88 Å². The van der Waals surface area contributed by atoms with Gasteiger partial charge in [0.15, 0.2) is 0 Å². The third kappa shape index (κ3) is 3.35. The molecule has 2 rings (SSSR count). The number of hydrogen-bond acceptors (Lipinski definition) is 4. The molecule has 2 heterocycles. The molecule has 110 valence electrons. The second kappa shape index (κ2) is 6.81. The zero-order valence-corrected chi connectivity index (χ0v) is 12.0. The zero-order valence-electron chi connectivity index (χ0n) is 12.0. The Morgan fingerprint density at radius 2 is 2.05 bits per heavy atom. The summed E-state index contributed by atoms with van der Waals surface area (Å²) in [4.78, 5) is 18.4. The van der Waals surface area contributed by atoms with Gasteiger partial charge in [-0.1, -0.05) is 0 Å². The number of pyridine rings is 1. The highest BCUT2D eigenvalue weighted by molar-refractivity contribution is 5.83. The maximum absolute atomic E-state index is 12.7. The van der Waals surface area contributed by atoms with Gasteiger partial charge in [0.2, 0.25) is 5.91 Å². The monoisotopic (exact) mass is 277 g/mol. The predicted molar refractivity (Wildman–Crippen MR) is 77.1 cm³/mol. The summed E-state index contributed by atoms with van der Waals surface area (Å²) in [6, 6.07) is 3.96. The van der Waals surface area contributed by atoms with Gasteiger partial charge in [-0.15, -0.1) is 0 Å². The van der Waals surface area contributed by atoms with Gasteiger partial charge in [-0.25, -0.2) is 0 Å². The SMILES string of the molecule is CN(CCc1ccncc1)C(=O)C1(CN)CCOCC1. The molecule has 0 radical (unpaired) electrons. The lowest BCUT2D eigenvalue weighted by atomic mass is 9.79. The Morgan fingerprint density at radius 3 is 2.65 bits per heavy atom. The molecule has 1 aromatic rings. The van der Waals surface area contributed by atoms with E-state index in [1.807, 2.05) is 19.2 Å². The first-order chi connectivity index (χ1) is 9.68. The molecule has 2 N–H and O–H groups in total. The molecule has 0 aliphatic carbocycles. The molecule has 0 unspecified atom stereocenters. The zero-order chi connectivity index (χ0) is 14.4. The molecule has 0 aromatic carbocycles. The maximum atomic E-state index is 12.7. The number of aromatic nitrogens is 1. The van der Waals surface area contributed by atoms with Gasteiger partial charge in [-0.05, 0) is 37.0 Å². The summed E-state index contributed by atoms with van der Waals surface area (Å²) >= 11 is 0. The average Bonchev–Trinajstić information content (AvgIpc) is 2.53. The van der Waals surface area contributed by atoms with Crippen LogP contribution in [-0.4, -0.2) is 49.1 Å². The largest absolute Gasteiger partial charge is 0.381 e. The van der Waals surface area contributed by atoms with Gasteiger partial charge in [0, 0.05) is 45.7 Å². The van der Waals surface area contributed by atoms with Crippen molar-refractivity contribution in [3.05, 3.63) is 30.1 Å². The number of ether oxygens (including phenoxy) is 1. The fourth-order valence-corrected chi connectivity index (χ4v) is 2.62. The van der Waals surface area contributed by atoms with Crippen LogP contribution in [0, 0.1) is 5.41 Å². The van der Waals surface area contributed by atoms with E-state index in [1.54, 1.807) is 17.3 Å². The Kier molecular flexibility index (Phi) is 5.09. The Bertz CT molecular complexity index is 430. The van der Waals surface area contributed by atoms with E-state index in [4.69, 9.17) is 10.5 Å². The van der Waals surface area contributed by atoms with Crippen LogP contribution >= 0.6 is 0 Å². The summed E-state index contributed by atoms with van der Waals surface area (Å²) in [5, 5.41) is 0. The normalized spacial score (nSPS) is 17.7. The fourth-order valence-electron chi connectivity index (χ4n) is 2.62. The first-order valence-electron chi connectivity index (χ1n) is 7.10. The smallest absolute Gasteiger partial charge is 0.229 e. The lowest BCUT2D eigenvalue weighted by molar-refractivity contribution is -0.145. The first kappa shape index (κ1) is 14.9. The Hall–Kier alpha value is -1.46. The van der Waals surface area contributed by atoms with E-state index in [0.717, 1.165) is 19.3 Å². The molecular weight excluding hydrogens is 254 g/mol. The second-order valence-electron chi connectivity index (χ2n) is 5.43. The second-order valence-corrected chi connectivity index (χ2v) is 5.43. The average molecular weight is 277 g/mol. The summed E-state index contributed by atoms with van der Waals surface area (Å²) in [5.41, 5.74) is 6.64. The summed E-state index contributed by atoms with van der Waals surface area (Å²) in [5.74, 6) is 0.150. The predicted octanol–water partition coefficient (Wildman–Crippen LogP) is 0.838. The van der Waals surface area contributed by atoms with Crippen molar-refractivity contribution >= 4 is 5.91 Å². The number of rotatable bonds is 5. The lowest BCUT2D eigenvalue weighted by Gasteiger charge is -2.37. The highest BCUT2D eigenvalue weighted by Gasteiger charge is 2.40. The Labute approximate surface area is 120 Å². The van der Waals surface area contributed by atoms with E-state index in [9.17, 15) is 4.79 Å². The number of carbonyl (C=O) groups is 1. The topological polar surface area (TPSA) is 68.5 Å². The van der Waals surface area contributed by atoms with E-state index in [1.165, 1.54) is 5.56 Å². The van der Waals surface area contributed by atoms with E-state index in [-0.39, 0.29) is 5.91 Å². The van der Waals surface area contributed by atoms with Crippen LogP contribution < -0.4 is 5.73 Å². The quantitative estimate of drug-likeness (QED) is 0.866. The van der Waals surface area contributed by atoms with Crippen molar-refractivity contribution in [1.29, 1.82) is 0 Å². The lowest BCUT2D eigenvalue weighted by Crippen LogP contribution is -2.50. The standard InChI is InChI=1S/C15H23N3O2/c1-18(9-4-13-2-7-17-8-3-13)14(19)15(12-16)5-10-20-11-6-15/h2-3,7-8H,4-6,9-12,16H2,1H3. The number of likely N-dealkylation sites (N-methyl/N-ethyl adjacent to an activating group) is 1. The van der Waals surface area contributed by atoms with Crippen LogP contribution in [0.3, 0.4) is 0 Å². The van der Waals surface area contributed by atoms with Gasteiger partial charge in [0.25, 0.3) is 0 Å². The van der Waals surface area contributed by atoms with Gasteiger partial charge in [-0.2, -0.15) is 0 Å². The van der Waals surface area contributed by atoms with Crippen molar-refractivity contribution < 1.29 is 9.53 Å². The molecule has 0 saturated carbocycles.